The maximum Gasteiger partial charge on any atom is 0.317 e. The van der Waals surface area contributed by atoms with Crippen LogP contribution in [0.2, 0.25) is 0 Å². The van der Waals surface area contributed by atoms with Crippen LogP contribution in [0, 0.1) is 0 Å². The number of hydrogen-bond acceptors (Lipinski definition) is 3. The van der Waals surface area contributed by atoms with Crippen molar-refractivity contribution in [1.82, 2.24) is 10.2 Å². The van der Waals surface area contributed by atoms with Crippen LogP contribution in [0.3, 0.4) is 0 Å². The second kappa shape index (κ2) is 9.60. The largest absolute Gasteiger partial charge is 0.481 e. The molecule has 6 nitrogen and oxygen atoms in total. The Hall–Kier alpha value is -1.30. The molecule has 0 bridgehead atoms. The highest BCUT2D eigenvalue weighted by Gasteiger charge is 2.26. The van der Waals surface area contributed by atoms with Gasteiger partial charge in [0.2, 0.25) is 0 Å². The summed E-state index contributed by atoms with van der Waals surface area (Å²) in [5.41, 5.74) is 0. The number of nitrogens with zero attached hydrogens (tertiary/aromatic N) is 1. The summed E-state index contributed by atoms with van der Waals surface area (Å²) in [6.45, 7) is 5.46. The molecule has 6 heteroatoms. The summed E-state index contributed by atoms with van der Waals surface area (Å²) in [6, 6.07) is 0.0341. The quantitative estimate of drug-likeness (QED) is 0.674. The number of rotatable bonds is 8. The van der Waals surface area contributed by atoms with Gasteiger partial charge in [-0.05, 0) is 13.3 Å². The second-order valence-corrected chi connectivity index (χ2v) is 5.74. The molecule has 1 aliphatic heterocycles. The average Bonchev–Trinajstić information content (AvgIpc) is 2.43. The third-order valence-electron chi connectivity index (χ3n) is 3.69. The van der Waals surface area contributed by atoms with E-state index >= 15 is 0 Å². The van der Waals surface area contributed by atoms with Gasteiger partial charge in [-0.15, -0.1) is 0 Å². The lowest BCUT2D eigenvalue weighted by atomic mass is 10.1. The number of aliphatic carboxylic acids is 1. The number of amides is 2. The summed E-state index contributed by atoms with van der Waals surface area (Å²) in [5, 5.41) is 11.8. The number of carboxylic acids is 1. The van der Waals surface area contributed by atoms with Crippen molar-refractivity contribution in [3.63, 3.8) is 0 Å². The van der Waals surface area contributed by atoms with E-state index in [0.717, 1.165) is 12.8 Å². The number of carboxylic acid groups (broad SMARTS) is 1. The summed E-state index contributed by atoms with van der Waals surface area (Å²) >= 11 is 0. The molecule has 1 saturated heterocycles. The Morgan fingerprint density at radius 3 is 2.81 bits per heavy atom. The average molecular weight is 300 g/mol. The van der Waals surface area contributed by atoms with Crippen molar-refractivity contribution in [2.45, 2.75) is 64.5 Å². The van der Waals surface area contributed by atoms with E-state index in [4.69, 9.17) is 9.84 Å². The summed E-state index contributed by atoms with van der Waals surface area (Å²) in [6.07, 6.45) is 5.29. The van der Waals surface area contributed by atoms with E-state index < -0.39 is 12.1 Å². The first kappa shape index (κ1) is 17.8. The highest BCUT2D eigenvalue weighted by Crippen LogP contribution is 2.10. The topological polar surface area (TPSA) is 78.9 Å². The Morgan fingerprint density at radius 1 is 1.38 bits per heavy atom. The van der Waals surface area contributed by atoms with Gasteiger partial charge in [0.15, 0.2) is 0 Å². The fourth-order valence-corrected chi connectivity index (χ4v) is 2.47. The van der Waals surface area contributed by atoms with Crippen molar-refractivity contribution in [3.05, 3.63) is 0 Å². The third kappa shape index (κ3) is 7.32. The van der Waals surface area contributed by atoms with Gasteiger partial charge in [0, 0.05) is 19.1 Å². The summed E-state index contributed by atoms with van der Waals surface area (Å²) < 4.78 is 5.36. The molecule has 0 aromatic rings. The Morgan fingerprint density at radius 2 is 2.14 bits per heavy atom. The SMILES string of the molecule is CCCCCCC(C)NC(=O)N1CCOC(CC(=O)O)C1. The molecule has 0 aromatic heterocycles. The molecule has 2 unspecified atom stereocenters. The number of hydrogen-bond donors (Lipinski definition) is 2. The van der Waals surface area contributed by atoms with Crippen molar-refractivity contribution < 1.29 is 19.4 Å². The minimum Gasteiger partial charge on any atom is -0.481 e. The van der Waals surface area contributed by atoms with Crippen LogP contribution >= 0.6 is 0 Å². The van der Waals surface area contributed by atoms with Crippen LogP contribution < -0.4 is 5.32 Å². The standard InChI is InChI=1S/C15H28N2O4/c1-3-4-5-6-7-12(2)16-15(20)17-8-9-21-13(11-17)10-14(18)19/h12-13H,3-11H2,1-2H3,(H,16,20)(H,18,19). The van der Waals surface area contributed by atoms with Crippen LogP contribution in [0.15, 0.2) is 0 Å². The molecule has 0 aliphatic carbocycles. The van der Waals surface area contributed by atoms with Gasteiger partial charge >= 0.3 is 12.0 Å². The molecule has 122 valence electrons. The van der Waals surface area contributed by atoms with E-state index in [1.54, 1.807) is 4.90 Å². The minimum atomic E-state index is -0.897. The van der Waals surface area contributed by atoms with Crippen LogP contribution in [-0.4, -0.2) is 53.8 Å². The van der Waals surface area contributed by atoms with Gasteiger partial charge in [-0.1, -0.05) is 32.6 Å². The van der Waals surface area contributed by atoms with Gasteiger partial charge in [-0.2, -0.15) is 0 Å². The second-order valence-electron chi connectivity index (χ2n) is 5.74. The number of ether oxygens (including phenoxy) is 1. The number of unbranched alkanes of at least 4 members (excludes halogenated alkanes) is 3. The van der Waals surface area contributed by atoms with E-state index in [1.807, 2.05) is 6.92 Å². The van der Waals surface area contributed by atoms with Crippen molar-refractivity contribution in [2.75, 3.05) is 19.7 Å². The van der Waals surface area contributed by atoms with E-state index in [2.05, 4.69) is 12.2 Å². The van der Waals surface area contributed by atoms with Gasteiger partial charge in [-0.3, -0.25) is 4.79 Å². The summed E-state index contributed by atoms with van der Waals surface area (Å²) in [4.78, 5) is 24.5. The zero-order chi connectivity index (χ0) is 15.7. The molecule has 1 rings (SSSR count). The fraction of sp³-hybridized carbons (Fsp3) is 0.867. The van der Waals surface area contributed by atoms with Crippen LogP contribution in [0.25, 0.3) is 0 Å². The predicted molar refractivity (Wildman–Crippen MR) is 80.3 cm³/mol. The monoisotopic (exact) mass is 300 g/mol. The number of urea groups is 1. The molecule has 2 atom stereocenters. The van der Waals surface area contributed by atoms with E-state index in [1.165, 1.54) is 19.3 Å². The van der Waals surface area contributed by atoms with E-state index in [9.17, 15) is 9.59 Å². The molecule has 0 radical (unpaired) electrons. The molecule has 1 aliphatic rings. The first-order chi connectivity index (χ1) is 10.0. The van der Waals surface area contributed by atoms with Gasteiger partial charge in [0.1, 0.15) is 0 Å². The normalized spacial score (nSPS) is 20.1. The molecule has 21 heavy (non-hydrogen) atoms. The van der Waals surface area contributed by atoms with Gasteiger partial charge < -0.3 is 20.1 Å². The van der Waals surface area contributed by atoms with Crippen LogP contribution in [-0.2, 0) is 9.53 Å². The minimum absolute atomic E-state index is 0.0592. The molecular weight excluding hydrogens is 272 g/mol. The number of nitrogens with one attached hydrogen (secondary N) is 1. The highest BCUT2D eigenvalue weighted by molar-refractivity contribution is 5.75. The fourth-order valence-electron chi connectivity index (χ4n) is 2.47. The molecule has 1 heterocycles. The molecule has 0 spiro atoms. The first-order valence-corrected chi connectivity index (χ1v) is 7.91. The van der Waals surface area contributed by atoms with Crippen molar-refractivity contribution in [2.24, 2.45) is 0 Å². The van der Waals surface area contributed by atoms with Gasteiger partial charge in [-0.25, -0.2) is 4.79 Å². The number of carbonyl (C=O) groups excluding carboxylic acids is 1. The number of carbonyl (C=O) groups is 2. The highest BCUT2D eigenvalue weighted by atomic mass is 16.5. The smallest absolute Gasteiger partial charge is 0.317 e. The molecule has 2 amide bonds. The predicted octanol–water partition coefficient (Wildman–Crippen LogP) is 2.23. The lowest BCUT2D eigenvalue weighted by Crippen LogP contribution is -2.51. The van der Waals surface area contributed by atoms with Crippen LogP contribution in [0.4, 0.5) is 4.79 Å². The molecule has 1 fully saturated rings. The van der Waals surface area contributed by atoms with Crippen molar-refractivity contribution >= 4 is 12.0 Å². The van der Waals surface area contributed by atoms with Crippen LogP contribution in [0.1, 0.15) is 52.4 Å². The zero-order valence-electron chi connectivity index (χ0n) is 13.1. The lowest BCUT2D eigenvalue weighted by Gasteiger charge is -2.33. The Labute approximate surface area is 126 Å². The van der Waals surface area contributed by atoms with E-state index in [-0.39, 0.29) is 18.5 Å². The molecular formula is C15H28N2O4. The molecule has 0 aromatic carbocycles. The zero-order valence-corrected chi connectivity index (χ0v) is 13.1. The van der Waals surface area contributed by atoms with Crippen LogP contribution in [0.5, 0.6) is 0 Å². The Kier molecular flexibility index (Phi) is 8.12. The van der Waals surface area contributed by atoms with Gasteiger partial charge in [0.05, 0.1) is 19.1 Å². The summed E-state index contributed by atoms with van der Waals surface area (Å²) in [5.74, 6) is -0.897. The maximum atomic E-state index is 12.1. The lowest BCUT2D eigenvalue weighted by molar-refractivity contribution is -0.141. The Balaban J connectivity index is 2.28. The third-order valence-corrected chi connectivity index (χ3v) is 3.69. The van der Waals surface area contributed by atoms with E-state index in [0.29, 0.717) is 19.7 Å². The van der Waals surface area contributed by atoms with Gasteiger partial charge in [0.25, 0.3) is 0 Å². The molecule has 2 N–H and O–H groups in total. The number of morpholine rings is 1. The van der Waals surface area contributed by atoms with Crippen molar-refractivity contribution in [3.8, 4) is 0 Å². The first-order valence-electron chi connectivity index (χ1n) is 7.91. The summed E-state index contributed by atoms with van der Waals surface area (Å²) in [7, 11) is 0. The molecule has 0 saturated carbocycles. The Bertz CT molecular complexity index is 336. The van der Waals surface area contributed by atoms with Crippen molar-refractivity contribution in [1.29, 1.82) is 0 Å². The maximum absolute atomic E-state index is 12.1.